The van der Waals surface area contributed by atoms with Gasteiger partial charge in [-0.15, -0.1) is 0 Å². The monoisotopic (exact) mass is 540 g/mol. The minimum absolute atomic E-state index is 0.0133. The Morgan fingerprint density at radius 1 is 1.11 bits per heavy atom. The molecular weight excluding hydrogens is 509 g/mol. The molecule has 1 aliphatic carbocycles. The number of alkyl halides is 3. The number of hydrogen-bond donors (Lipinski definition) is 2. The Hall–Kier alpha value is -1.85. The summed E-state index contributed by atoms with van der Waals surface area (Å²) in [7, 11) is -1.17. The number of benzene rings is 1. The maximum Gasteiger partial charge on any atom is 0.446 e. The molecule has 0 bridgehead atoms. The summed E-state index contributed by atoms with van der Waals surface area (Å²) < 4.78 is 50.9. The average Bonchev–Trinajstić information content (AvgIpc) is 3.02. The quantitative estimate of drug-likeness (QED) is 0.485. The maximum absolute atomic E-state index is 13.0. The third-order valence-corrected chi connectivity index (χ3v) is 9.79. The molecule has 2 fully saturated rings. The largest absolute Gasteiger partial charge is 0.446 e. The molecule has 0 unspecified atom stereocenters. The molecule has 196 valence electrons. The molecule has 5 rings (SSSR count). The Kier molecular flexibility index (Phi) is 7.51. The molecule has 2 N–H and O–H groups in total. The first-order chi connectivity index (χ1) is 17.3. The Bertz CT molecular complexity index is 1100. The lowest BCUT2D eigenvalue weighted by molar-refractivity contribution is -0.0328. The van der Waals surface area contributed by atoms with Crippen molar-refractivity contribution in [3.05, 3.63) is 35.5 Å². The number of aliphatic hydroxyl groups excluding tert-OH is 1. The predicted octanol–water partition coefficient (Wildman–Crippen LogP) is 5.24. The Morgan fingerprint density at radius 3 is 2.44 bits per heavy atom. The fourth-order valence-corrected chi connectivity index (χ4v) is 7.21. The number of aliphatic hydroxyl groups is 1. The molecule has 1 saturated carbocycles. The summed E-state index contributed by atoms with van der Waals surface area (Å²) in [5, 5.41) is 13.5. The zero-order valence-corrected chi connectivity index (χ0v) is 21.7. The molecule has 3 heterocycles. The van der Waals surface area contributed by atoms with Crippen LogP contribution in [0.25, 0.3) is 0 Å². The first-order valence-corrected chi connectivity index (χ1v) is 14.7. The average molecular weight is 541 g/mol. The fraction of sp³-hybridized carbons (Fsp3) is 0.600. The molecule has 1 aromatic carbocycles. The summed E-state index contributed by atoms with van der Waals surface area (Å²) in [6.07, 6.45) is 7.03. The maximum atomic E-state index is 13.0. The van der Waals surface area contributed by atoms with E-state index in [1.165, 1.54) is 0 Å². The van der Waals surface area contributed by atoms with Crippen LogP contribution in [0.3, 0.4) is 0 Å². The molecule has 1 aromatic heterocycles. The van der Waals surface area contributed by atoms with Crippen molar-refractivity contribution in [1.29, 1.82) is 0 Å². The number of nitrogens with one attached hydrogen (secondary N) is 1. The van der Waals surface area contributed by atoms with Crippen LogP contribution in [0.4, 0.5) is 24.9 Å². The summed E-state index contributed by atoms with van der Waals surface area (Å²) in [5.74, 6) is 2.09. The molecule has 0 amide bonds. The van der Waals surface area contributed by atoms with Crippen LogP contribution < -0.4 is 10.2 Å². The van der Waals surface area contributed by atoms with E-state index in [0.717, 1.165) is 75.7 Å². The molecule has 1 atom stereocenters. The molecule has 1 saturated heterocycles. The lowest BCUT2D eigenvalue weighted by atomic mass is 9.77. The number of piperidine rings is 1. The van der Waals surface area contributed by atoms with E-state index in [1.807, 2.05) is 0 Å². The summed E-state index contributed by atoms with van der Waals surface area (Å²) >= 11 is -0.0891. The van der Waals surface area contributed by atoms with Crippen molar-refractivity contribution in [2.75, 3.05) is 35.7 Å². The van der Waals surface area contributed by atoms with Crippen LogP contribution in [-0.4, -0.2) is 55.8 Å². The molecule has 3 aliphatic rings. The van der Waals surface area contributed by atoms with Crippen LogP contribution in [0.15, 0.2) is 34.1 Å². The summed E-state index contributed by atoms with van der Waals surface area (Å²) in [6, 6.07) is 6.70. The molecule has 0 radical (unpaired) electrons. The standard InChI is InChI=1S/C25H31F3N4O2S2/c26-25(27,28)35-19-7-5-17(6-8-19)18-9-13-32(14-10-18)23-29-20-4-1-2-15-36(34)21(20)22(30-23)31-24(16-33)11-3-12-24/h5-8,18,33H,1-4,9-16H2,(H,29,30,31)/t36-/m1/s1. The first-order valence-electron chi connectivity index (χ1n) is 12.5. The van der Waals surface area contributed by atoms with E-state index in [4.69, 9.17) is 9.97 Å². The lowest BCUT2D eigenvalue weighted by Crippen LogP contribution is -2.49. The van der Waals surface area contributed by atoms with Crippen LogP contribution in [0.1, 0.15) is 62.1 Å². The van der Waals surface area contributed by atoms with Gasteiger partial charge in [-0.2, -0.15) is 18.2 Å². The number of nitrogens with zero attached hydrogens (tertiary/aromatic N) is 3. The molecular formula is C25H31F3N4O2S2. The zero-order chi connectivity index (χ0) is 25.3. The molecule has 2 aromatic rings. The van der Waals surface area contributed by atoms with Gasteiger partial charge in [-0.25, -0.2) is 4.98 Å². The number of anilines is 2. The second-order valence-corrected chi connectivity index (χ2v) is 12.6. The number of aryl methyl sites for hydroxylation is 1. The Morgan fingerprint density at radius 2 is 1.83 bits per heavy atom. The highest BCUT2D eigenvalue weighted by Gasteiger charge is 2.38. The van der Waals surface area contributed by atoms with Crippen molar-refractivity contribution in [2.45, 2.75) is 78.1 Å². The van der Waals surface area contributed by atoms with E-state index in [2.05, 4.69) is 10.2 Å². The van der Waals surface area contributed by atoms with Gasteiger partial charge in [0.15, 0.2) is 0 Å². The van der Waals surface area contributed by atoms with Gasteiger partial charge in [-0.1, -0.05) is 12.1 Å². The van der Waals surface area contributed by atoms with Crippen molar-refractivity contribution in [2.24, 2.45) is 0 Å². The number of fused-ring (bicyclic) bond motifs is 1. The highest BCUT2D eigenvalue weighted by atomic mass is 32.2. The van der Waals surface area contributed by atoms with Crippen LogP contribution in [-0.2, 0) is 17.2 Å². The number of aromatic nitrogens is 2. The normalized spacial score (nSPS) is 22.4. The highest BCUT2D eigenvalue weighted by molar-refractivity contribution is 8.00. The van der Waals surface area contributed by atoms with Crippen molar-refractivity contribution in [3.63, 3.8) is 0 Å². The smallest absolute Gasteiger partial charge is 0.394 e. The molecule has 0 spiro atoms. The summed E-state index contributed by atoms with van der Waals surface area (Å²) in [5.41, 5.74) is -2.79. The first kappa shape index (κ1) is 25.8. The topological polar surface area (TPSA) is 78.4 Å². The van der Waals surface area contributed by atoms with Gasteiger partial charge in [0.2, 0.25) is 5.95 Å². The number of rotatable bonds is 6. The van der Waals surface area contributed by atoms with E-state index in [9.17, 15) is 22.5 Å². The zero-order valence-electron chi connectivity index (χ0n) is 20.0. The van der Waals surface area contributed by atoms with Gasteiger partial charge in [0.05, 0.1) is 28.6 Å². The lowest BCUT2D eigenvalue weighted by Gasteiger charge is -2.42. The summed E-state index contributed by atoms with van der Waals surface area (Å²) in [6.45, 7) is 1.48. The van der Waals surface area contributed by atoms with Gasteiger partial charge in [0, 0.05) is 23.7 Å². The third kappa shape index (κ3) is 5.67. The third-order valence-electron chi connectivity index (χ3n) is 7.50. The molecule has 11 heteroatoms. The Labute approximate surface area is 215 Å². The number of halogens is 3. The van der Waals surface area contributed by atoms with E-state index in [-0.39, 0.29) is 29.2 Å². The van der Waals surface area contributed by atoms with Crippen molar-refractivity contribution < 1.29 is 22.5 Å². The van der Waals surface area contributed by atoms with Crippen LogP contribution in [0.5, 0.6) is 0 Å². The van der Waals surface area contributed by atoms with Crippen molar-refractivity contribution in [1.82, 2.24) is 9.97 Å². The second kappa shape index (κ2) is 10.5. The van der Waals surface area contributed by atoms with Gasteiger partial charge >= 0.3 is 5.51 Å². The minimum Gasteiger partial charge on any atom is -0.394 e. The van der Waals surface area contributed by atoms with Crippen molar-refractivity contribution in [3.8, 4) is 0 Å². The van der Waals surface area contributed by atoms with Gasteiger partial charge < -0.3 is 15.3 Å². The van der Waals surface area contributed by atoms with Gasteiger partial charge in [0.25, 0.3) is 0 Å². The summed E-state index contributed by atoms with van der Waals surface area (Å²) in [4.78, 5) is 12.8. The van der Waals surface area contributed by atoms with Crippen LogP contribution in [0.2, 0.25) is 0 Å². The molecule has 6 nitrogen and oxygen atoms in total. The molecule has 2 aliphatic heterocycles. The van der Waals surface area contributed by atoms with Crippen LogP contribution in [0, 0.1) is 0 Å². The second-order valence-electron chi connectivity index (χ2n) is 9.95. The van der Waals surface area contributed by atoms with E-state index in [1.54, 1.807) is 24.3 Å². The fourth-order valence-electron chi connectivity index (χ4n) is 5.28. The van der Waals surface area contributed by atoms with Crippen molar-refractivity contribution >= 4 is 34.3 Å². The Balaban J connectivity index is 1.33. The van der Waals surface area contributed by atoms with E-state index in [0.29, 0.717) is 22.4 Å². The van der Waals surface area contributed by atoms with Gasteiger partial charge in [-0.3, -0.25) is 4.21 Å². The van der Waals surface area contributed by atoms with Gasteiger partial charge in [-0.05, 0) is 86.7 Å². The number of hydrogen-bond acceptors (Lipinski definition) is 7. The SMILES string of the molecule is O=[S@@]1CCCCc2nc(N3CCC(c4ccc(SC(F)(F)F)cc4)CC3)nc(NC3(CO)CCC3)c21. The molecule has 36 heavy (non-hydrogen) atoms. The minimum atomic E-state index is -4.28. The van der Waals surface area contributed by atoms with E-state index >= 15 is 0 Å². The van der Waals surface area contributed by atoms with Gasteiger partial charge in [0.1, 0.15) is 10.7 Å². The van der Waals surface area contributed by atoms with Crippen LogP contribution >= 0.6 is 11.8 Å². The predicted molar refractivity (Wildman–Crippen MR) is 136 cm³/mol. The highest BCUT2D eigenvalue weighted by Crippen LogP contribution is 2.40. The number of thioether (sulfide) groups is 1. The van der Waals surface area contributed by atoms with E-state index < -0.39 is 21.8 Å².